The maximum Gasteiger partial charge on any atom is 0.329 e. The average molecular weight is 415 g/mol. The molecule has 0 aliphatic rings. The molecule has 0 spiro atoms. The zero-order chi connectivity index (χ0) is 19.1. The van der Waals surface area contributed by atoms with E-state index in [0.29, 0.717) is 15.6 Å². The molecule has 134 valence electrons. The number of rotatable bonds is 6. The van der Waals surface area contributed by atoms with Gasteiger partial charge in [0.25, 0.3) is 5.91 Å². The smallest absolute Gasteiger partial charge is 0.329 e. The van der Waals surface area contributed by atoms with Crippen molar-refractivity contribution < 1.29 is 14.3 Å². The van der Waals surface area contributed by atoms with Gasteiger partial charge in [0.1, 0.15) is 12.6 Å². The molecule has 0 aromatic heterocycles. The van der Waals surface area contributed by atoms with E-state index in [1.54, 1.807) is 42.5 Å². The molecule has 0 bridgehead atoms. The highest BCUT2D eigenvalue weighted by Gasteiger charge is 2.26. The fourth-order valence-corrected chi connectivity index (χ4v) is 2.75. The fourth-order valence-electron chi connectivity index (χ4n) is 2.28. The van der Waals surface area contributed by atoms with Crippen LogP contribution in [0, 0.1) is 17.2 Å². The second kappa shape index (κ2) is 9.16. The van der Waals surface area contributed by atoms with Gasteiger partial charge in [0.15, 0.2) is 0 Å². The number of carbonyl (C=O) groups is 2. The van der Waals surface area contributed by atoms with Gasteiger partial charge >= 0.3 is 5.97 Å². The summed E-state index contributed by atoms with van der Waals surface area (Å²) in [5.41, 5.74) is 1.77. The maximum absolute atomic E-state index is 12.5. The Bertz CT molecular complexity index is 826. The molecule has 0 saturated carbocycles. The number of hydrogen-bond donors (Lipinski definition) is 1. The van der Waals surface area contributed by atoms with Crippen LogP contribution in [0.2, 0.25) is 0 Å². The minimum atomic E-state index is -0.756. The van der Waals surface area contributed by atoms with Crippen molar-refractivity contribution in [3.05, 3.63) is 69.7 Å². The second-order valence-electron chi connectivity index (χ2n) is 6.09. The largest absolute Gasteiger partial charge is 0.459 e. The number of nitrogens with one attached hydrogen (secondary N) is 1. The summed E-state index contributed by atoms with van der Waals surface area (Å²) in [6, 6.07) is 15.1. The van der Waals surface area contributed by atoms with Crippen LogP contribution in [-0.4, -0.2) is 17.9 Å². The first-order chi connectivity index (χ1) is 12.4. The van der Waals surface area contributed by atoms with E-state index in [4.69, 9.17) is 10.00 Å². The molecule has 2 rings (SSSR count). The molecule has 0 unspecified atom stereocenters. The molecule has 2 aromatic carbocycles. The Balaban J connectivity index is 2.01. The molecule has 0 aliphatic carbocycles. The van der Waals surface area contributed by atoms with Crippen LogP contribution < -0.4 is 5.32 Å². The Labute approximate surface area is 161 Å². The van der Waals surface area contributed by atoms with Crippen LogP contribution in [0.5, 0.6) is 0 Å². The van der Waals surface area contributed by atoms with Gasteiger partial charge in [-0.2, -0.15) is 5.26 Å². The lowest BCUT2D eigenvalue weighted by atomic mass is 10.0. The number of esters is 1. The number of nitriles is 1. The van der Waals surface area contributed by atoms with Gasteiger partial charge in [-0.25, -0.2) is 4.79 Å². The number of amides is 1. The van der Waals surface area contributed by atoms with Crippen LogP contribution in [0.3, 0.4) is 0 Å². The van der Waals surface area contributed by atoms with Crippen LogP contribution in [0.1, 0.15) is 35.3 Å². The normalized spacial score (nSPS) is 11.5. The molecule has 2 aromatic rings. The SMILES string of the molecule is CC(C)[C@H](NC(=O)c1ccccc1Br)C(=O)OCc1ccc(C#N)cc1. The second-order valence-corrected chi connectivity index (χ2v) is 6.95. The highest BCUT2D eigenvalue weighted by Crippen LogP contribution is 2.17. The van der Waals surface area contributed by atoms with Crippen molar-refractivity contribution in [1.82, 2.24) is 5.32 Å². The van der Waals surface area contributed by atoms with E-state index in [-0.39, 0.29) is 18.4 Å². The Morgan fingerprint density at radius 1 is 1.15 bits per heavy atom. The third-order valence-corrected chi connectivity index (χ3v) is 4.48. The van der Waals surface area contributed by atoms with Crippen LogP contribution in [-0.2, 0) is 16.1 Å². The standard InChI is InChI=1S/C20H19BrN2O3/c1-13(2)18(23-19(24)16-5-3-4-6-17(16)21)20(25)26-12-15-9-7-14(11-22)8-10-15/h3-10,13,18H,12H2,1-2H3,(H,23,24)/t18-/m0/s1. The van der Waals surface area contributed by atoms with E-state index in [0.717, 1.165) is 5.56 Å². The van der Waals surface area contributed by atoms with E-state index in [9.17, 15) is 9.59 Å². The highest BCUT2D eigenvalue weighted by molar-refractivity contribution is 9.10. The van der Waals surface area contributed by atoms with Crippen LogP contribution in [0.4, 0.5) is 0 Å². The van der Waals surface area contributed by atoms with Crippen molar-refractivity contribution in [1.29, 1.82) is 5.26 Å². The summed E-state index contributed by atoms with van der Waals surface area (Å²) >= 11 is 3.33. The van der Waals surface area contributed by atoms with Gasteiger partial charge in [0.2, 0.25) is 0 Å². The molecule has 0 radical (unpaired) electrons. The first kappa shape index (κ1) is 19.7. The predicted octanol–water partition coefficient (Wildman–Crippen LogP) is 3.82. The number of hydrogen-bond acceptors (Lipinski definition) is 4. The minimum Gasteiger partial charge on any atom is -0.459 e. The summed E-state index contributed by atoms with van der Waals surface area (Å²) in [4.78, 5) is 24.9. The molecule has 0 fully saturated rings. The van der Waals surface area contributed by atoms with Crippen LogP contribution in [0.15, 0.2) is 53.0 Å². The van der Waals surface area contributed by atoms with E-state index < -0.39 is 12.0 Å². The number of benzene rings is 2. The Hall–Kier alpha value is -2.65. The fraction of sp³-hybridized carbons (Fsp3) is 0.250. The third kappa shape index (κ3) is 5.17. The van der Waals surface area contributed by atoms with Gasteiger partial charge < -0.3 is 10.1 Å². The molecule has 6 heteroatoms. The molecule has 5 nitrogen and oxygen atoms in total. The molecular weight excluding hydrogens is 396 g/mol. The zero-order valence-electron chi connectivity index (χ0n) is 14.5. The van der Waals surface area contributed by atoms with E-state index in [1.807, 2.05) is 26.0 Å². The van der Waals surface area contributed by atoms with Gasteiger partial charge in [-0.15, -0.1) is 0 Å². The lowest BCUT2D eigenvalue weighted by Gasteiger charge is -2.21. The summed E-state index contributed by atoms with van der Waals surface area (Å²) in [5.74, 6) is -0.967. The van der Waals surface area contributed by atoms with Crippen LogP contribution in [0.25, 0.3) is 0 Å². The molecule has 0 heterocycles. The van der Waals surface area contributed by atoms with E-state index in [2.05, 4.69) is 21.2 Å². The Morgan fingerprint density at radius 2 is 1.81 bits per heavy atom. The molecule has 26 heavy (non-hydrogen) atoms. The minimum absolute atomic E-state index is 0.0820. The van der Waals surface area contributed by atoms with Gasteiger partial charge in [-0.3, -0.25) is 4.79 Å². The van der Waals surface area contributed by atoms with Crippen molar-refractivity contribution >= 4 is 27.8 Å². The lowest BCUT2D eigenvalue weighted by molar-refractivity contribution is -0.148. The summed E-state index contributed by atoms with van der Waals surface area (Å²) in [5, 5.41) is 11.5. The zero-order valence-corrected chi connectivity index (χ0v) is 16.1. The average Bonchev–Trinajstić information content (AvgIpc) is 2.64. The molecule has 1 N–H and O–H groups in total. The molecule has 0 saturated heterocycles. The number of carbonyl (C=O) groups excluding carboxylic acids is 2. The summed E-state index contributed by atoms with van der Waals surface area (Å²) < 4.78 is 6.00. The first-order valence-corrected chi connectivity index (χ1v) is 8.92. The number of halogens is 1. The Morgan fingerprint density at radius 3 is 2.38 bits per heavy atom. The van der Waals surface area contributed by atoms with Crippen molar-refractivity contribution in [2.45, 2.75) is 26.5 Å². The highest BCUT2D eigenvalue weighted by atomic mass is 79.9. The van der Waals surface area contributed by atoms with Gasteiger partial charge in [0.05, 0.1) is 17.2 Å². The molecular formula is C20H19BrN2O3. The van der Waals surface area contributed by atoms with Gasteiger partial charge in [-0.1, -0.05) is 38.1 Å². The maximum atomic E-state index is 12.5. The van der Waals surface area contributed by atoms with Crippen molar-refractivity contribution in [3.8, 4) is 6.07 Å². The molecule has 1 atom stereocenters. The van der Waals surface area contributed by atoms with E-state index in [1.165, 1.54) is 0 Å². The lowest BCUT2D eigenvalue weighted by Crippen LogP contribution is -2.45. The quantitative estimate of drug-likeness (QED) is 0.728. The third-order valence-electron chi connectivity index (χ3n) is 3.79. The first-order valence-electron chi connectivity index (χ1n) is 8.13. The number of nitrogens with zero attached hydrogens (tertiary/aromatic N) is 1. The van der Waals surface area contributed by atoms with E-state index >= 15 is 0 Å². The van der Waals surface area contributed by atoms with Gasteiger partial charge in [-0.05, 0) is 51.7 Å². The van der Waals surface area contributed by atoms with Gasteiger partial charge in [0, 0.05) is 4.47 Å². The van der Waals surface area contributed by atoms with Crippen molar-refractivity contribution in [3.63, 3.8) is 0 Å². The monoisotopic (exact) mass is 414 g/mol. The van der Waals surface area contributed by atoms with Crippen LogP contribution >= 0.6 is 15.9 Å². The predicted molar refractivity (Wildman–Crippen MR) is 101 cm³/mol. The summed E-state index contributed by atoms with van der Waals surface area (Å²) in [6.45, 7) is 3.76. The summed E-state index contributed by atoms with van der Waals surface area (Å²) in [7, 11) is 0. The number of ether oxygens (including phenoxy) is 1. The van der Waals surface area contributed by atoms with Crippen molar-refractivity contribution in [2.75, 3.05) is 0 Å². The Kier molecular flexibility index (Phi) is 6.93. The topological polar surface area (TPSA) is 79.2 Å². The van der Waals surface area contributed by atoms with Crippen molar-refractivity contribution in [2.24, 2.45) is 5.92 Å². The summed E-state index contributed by atoms with van der Waals surface area (Å²) in [6.07, 6.45) is 0. The molecule has 1 amide bonds. The molecule has 0 aliphatic heterocycles.